The van der Waals surface area contributed by atoms with Crippen LogP contribution >= 0.6 is 11.8 Å². The summed E-state index contributed by atoms with van der Waals surface area (Å²) in [6, 6.07) is 0.268. The summed E-state index contributed by atoms with van der Waals surface area (Å²) in [4.78, 5) is 19.0. The van der Waals surface area contributed by atoms with Gasteiger partial charge in [0.2, 0.25) is 5.91 Å². The van der Waals surface area contributed by atoms with Gasteiger partial charge in [-0.05, 0) is 12.3 Å². The molecule has 0 aromatic carbocycles. The average molecular weight is 220 g/mol. The summed E-state index contributed by atoms with van der Waals surface area (Å²) in [5.41, 5.74) is 0. The van der Waals surface area contributed by atoms with Gasteiger partial charge in [-0.25, -0.2) is 0 Å². The molecule has 15 heavy (non-hydrogen) atoms. The summed E-state index contributed by atoms with van der Waals surface area (Å²) >= 11 is 1.74. The molecule has 4 aliphatic rings. The molecule has 1 saturated heterocycles. The minimum Gasteiger partial charge on any atom is -0.290 e. The number of rotatable bonds is 0. The van der Waals surface area contributed by atoms with E-state index in [2.05, 4.69) is 12.2 Å². The van der Waals surface area contributed by atoms with Crippen molar-refractivity contribution in [3.05, 3.63) is 12.2 Å². The second kappa shape index (κ2) is 2.67. The summed E-state index contributed by atoms with van der Waals surface area (Å²) in [6.07, 6.45) is 5.64. The molecular formula is C11H12N2OS. The van der Waals surface area contributed by atoms with Gasteiger partial charge >= 0.3 is 0 Å². The lowest BCUT2D eigenvalue weighted by Crippen LogP contribution is -2.47. The number of carbonyl (C=O) groups excluding carboxylic acids is 1. The van der Waals surface area contributed by atoms with Gasteiger partial charge in [0.15, 0.2) is 5.17 Å². The summed E-state index contributed by atoms with van der Waals surface area (Å²) < 4.78 is 0. The molecule has 2 bridgehead atoms. The zero-order valence-electron chi connectivity index (χ0n) is 8.30. The molecule has 4 atom stereocenters. The molecule has 1 amide bonds. The number of amides is 1. The summed E-state index contributed by atoms with van der Waals surface area (Å²) in [5.74, 6) is 2.55. The predicted molar refractivity (Wildman–Crippen MR) is 59.6 cm³/mol. The Labute approximate surface area is 92.6 Å². The highest BCUT2D eigenvalue weighted by atomic mass is 32.2. The van der Waals surface area contributed by atoms with Gasteiger partial charge < -0.3 is 0 Å². The second-order valence-corrected chi connectivity index (χ2v) is 5.78. The Balaban J connectivity index is 1.82. The lowest BCUT2D eigenvalue weighted by atomic mass is 9.87. The molecule has 2 aliphatic heterocycles. The van der Waals surface area contributed by atoms with E-state index >= 15 is 0 Å². The van der Waals surface area contributed by atoms with Crippen LogP contribution in [0.2, 0.25) is 0 Å². The Morgan fingerprint density at radius 2 is 2.27 bits per heavy atom. The summed E-state index contributed by atoms with van der Waals surface area (Å²) in [5, 5.41) is 0.988. The van der Waals surface area contributed by atoms with E-state index in [9.17, 15) is 4.79 Å². The number of hydrogen-bond donors (Lipinski definition) is 0. The topological polar surface area (TPSA) is 32.7 Å². The maximum absolute atomic E-state index is 12.3. The highest BCUT2D eigenvalue weighted by Gasteiger charge is 2.53. The van der Waals surface area contributed by atoms with E-state index in [0.29, 0.717) is 17.7 Å². The van der Waals surface area contributed by atoms with Gasteiger partial charge in [0.1, 0.15) is 0 Å². The first kappa shape index (κ1) is 8.39. The molecule has 0 unspecified atom stereocenters. The number of hydrogen-bond acceptors (Lipinski definition) is 3. The third kappa shape index (κ3) is 0.936. The second-order valence-electron chi connectivity index (χ2n) is 4.71. The van der Waals surface area contributed by atoms with Gasteiger partial charge in [-0.1, -0.05) is 23.9 Å². The number of aliphatic imine (C=N–C) groups is 1. The molecule has 2 aliphatic carbocycles. The first-order valence-corrected chi connectivity index (χ1v) is 6.53. The molecular weight excluding hydrogens is 208 g/mol. The van der Waals surface area contributed by atoms with Crippen LogP contribution in [0.4, 0.5) is 0 Å². The number of allylic oxidation sites excluding steroid dienone is 1. The Bertz CT molecular complexity index is 403. The Hall–Kier alpha value is -0.770. The molecule has 0 aromatic heterocycles. The fourth-order valence-corrected chi connectivity index (χ4v) is 4.31. The van der Waals surface area contributed by atoms with Crippen molar-refractivity contribution in [1.29, 1.82) is 0 Å². The summed E-state index contributed by atoms with van der Waals surface area (Å²) in [7, 11) is 0. The standard InChI is InChI=1S/C11H12N2OS/c14-10-8-6-1-2-7(5-6)9(8)12-11-13(10)3-4-15-11/h1-2,6-9H,3-5H2/t6-,7+,8-,9+/m0/s1. The minimum atomic E-state index is 0.169. The van der Waals surface area contributed by atoms with E-state index in [1.54, 1.807) is 11.8 Å². The molecule has 0 radical (unpaired) electrons. The molecule has 1 saturated carbocycles. The maximum atomic E-state index is 12.3. The van der Waals surface area contributed by atoms with E-state index in [-0.39, 0.29) is 12.0 Å². The smallest absolute Gasteiger partial charge is 0.234 e. The van der Waals surface area contributed by atoms with E-state index in [1.165, 1.54) is 0 Å². The zero-order chi connectivity index (χ0) is 9.99. The van der Waals surface area contributed by atoms with E-state index in [4.69, 9.17) is 4.99 Å². The zero-order valence-corrected chi connectivity index (χ0v) is 9.11. The molecule has 0 N–H and O–H groups in total. The molecule has 2 heterocycles. The lowest BCUT2D eigenvalue weighted by molar-refractivity contribution is -0.133. The molecule has 3 nitrogen and oxygen atoms in total. The van der Waals surface area contributed by atoms with Gasteiger partial charge in [0, 0.05) is 18.2 Å². The highest BCUT2D eigenvalue weighted by molar-refractivity contribution is 8.14. The van der Waals surface area contributed by atoms with Crippen LogP contribution in [0.1, 0.15) is 6.42 Å². The number of fused-ring (bicyclic) bond motifs is 6. The largest absolute Gasteiger partial charge is 0.290 e. The molecule has 2 fully saturated rings. The molecule has 0 aromatic rings. The van der Waals surface area contributed by atoms with Gasteiger partial charge in [-0.15, -0.1) is 0 Å². The van der Waals surface area contributed by atoms with Crippen LogP contribution in [0.15, 0.2) is 17.1 Å². The first-order valence-electron chi connectivity index (χ1n) is 5.55. The van der Waals surface area contributed by atoms with Crippen molar-refractivity contribution in [3.63, 3.8) is 0 Å². The van der Waals surface area contributed by atoms with Gasteiger partial charge in [-0.2, -0.15) is 0 Å². The fourth-order valence-electron chi connectivity index (χ4n) is 3.32. The fraction of sp³-hybridized carbons (Fsp3) is 0.636. The Morgan fingerprint density at radius 3 is 3.20 bits per heavy atom. The molecule has 0 spiro atoms. The first-order chi connectivity index (χ1) is 7.34. The van der Waals surface area contributed by atoms with E-state index < -0.39 is 0 Å². The van der Waals surface area contributed by atoms with E-state index in [1.807, 2.05) is 4.90 Å². The van der Waals surface area contributed by atoms with Crippen molar-refractivity contribution in [2.45, 2.75) is 12.5 Å². The number of nitrogens with zero attached hydrogens (tertiary/aromatic N) is 2. The van der Waals surface area contributed by atoms with Gasteiger partial charge in [0.25, 0.3) is 0 Å². The van der Waals surface area contributed by atoms with Crippen molar-refractivity contribution < 1.29 is 4.79 Å². The van der Waals surface area contributed by atoms with Gasteiger partial charge in [-0.3, -0.25) is 14.7 Å². The number of carbonyl (C=O) groups is 1. The number of thioether (sulfide) groups is 1. The SMILES string of the molecule is O=C1[C@@H]2[C@H](N=C3SCCN13)[C@@H]1C=C[C@H]2C1. The molecule has 4 heteroatoms. The maximum Gasteiger partial charge on any atom is 0.234 e. The van der Waals surface area contributed by atoms with Crippen LogP contribution in [0.25, 0.3) is 0 Å². The normalized spacial score (nSPS) is 45.7. The van der Waals surface area contributed by atoms with Crippen molar-refractivity contribution >= 4 is 22.8 Å². The van der Waals surface area contributed by atoms with Crippen molar-refractivity contribution in [3.8, 4) is 0 Å². The monoisotopic (exact) mass is 220 g/mol. The summed E-state index contributed by atoms with van der Waals surface area (Å²) in [6.45, 7) is 0.868. The highest BCUT2D eigenvalue weighted by Crippen LogP contribution is 2.48. The van der Waals surface area contributed by atoms with Crippen molar-refractivity contribution in [1.82, 2.24) is 4.90 Å². The third-order valence-corrected chi connectivity index (χ3v) is 4.98. The van der Waals surface area contributed by atoms with Crippen LogP contribution in [-0.2, 0) is 4.79 Å². The van der Waals surface area contributed by atoms with Crippen LogP contribution in [0.3, 0.4) is 0 Å². The van der Waals surface area contributed by atoms with Crippen LogP contribution in [0.5, 0.6) is 0 Å². The van der Waals surface area contributed by atoms with E-state index in [0.717, 1.165) is 23.9 Å². The lowest BCUT2D eigenvalue weighted by Gasteiger charge is -2.33. The molecule has 4 rings (SSSR count). The van der Waals surface area contributed by atoms with Crippen molar-refractivity contribution in [2.24, 2.45) is 22.7 Å². The Kier molecular flexibility index (Phi) is 1.49. The van der Waals surface area contributed by atoms with Crippen LogP contribution in [0, 0.1) is 17.8 Å². The number of amidine groups is 1. The van der Waals surface area contributed by atoms with Crippen molar-refractivity contribution in [2.75, 3.05) is 12.3 Å². The predicted octanol–water partition coefficient (Wildman–Crippen LogP) is 1.12. The third-order valence-electron chi connectivity index (χ3n) is 4.01. The van der Waals surface area contributed by atoms with Crippen LogP contribution in [-0.4, -0.2) is 34.3 Å². The molecule has 78 valence electrons. The van der Waals surface area contributed by atoms with Gasteiger partial charge in [0.05, 0.1) is 12.0 Å². The average Bonchev–Trinajstić information content (AvgIpc) is 2.90. The minimum absolute atomic E-state index is 0.169. The quantitative estimate of drug-likeness (QED) is 0.573. The van der Waals surface area contributed by atoms with Crippen LogP contribution < -0.4 is 0 Å². The Morgan fingerprint density at radius 1 is 1.40 bits per heavy atom.